The number of likely N-dealkylation sites (tertiary alicyclic amines) is 1. The van der Waals surface area contributed by atoms with E-state index < -0.39 is 5.82 Å². The largest absolute Gasteiger partial charge is 0.338 e. The highest BCUT2D eigenvalue weighted by molar-refractivity contribution is 9.10. The molecule has 2 atom stereocenters. The number of nitrogens with zero attached hydrogens (tertiary/aromatic N) is 1. The van der Waals surface area contributed by atoms with Gasteiger partial charge >= 0.3 is 0 Å². The molecule has 0 saturated carbocycles. The van der Waals surface area contributed by atoms with Crippen LogP contribution in [0.4, 0.5) is 4.39 Å². The maximum Gasteiger partial charge on any atom is 0.256 e. The maximum atomic E-state index is 13.8. The Morgan fingerprint density at radius 2 is 2.32 bits per heavy atom. The Morgan fingerprint density at radius 3 is 2.95 bits per heavy atom. The molecule has 0 bridgehead atoms. The summed E-state index contributed by atoms with van der Waals surface area (Å²) in [5, 5.41) is 0. The quantitative estimate of drug-likeness (QED) is 0.907. The summed E-state index contributed by atoms with van der Waals surface area (Å²) in [5.74, 6) is -0.422. The lowest BCUT2D eigenvalue weighted by atomic mass is 9.92. The highest BCUT2D eigenvalue weighted by Crippen LogP contribution is 2.22. The smallest absolute Gasteiger partial charge is 0.256 e. The fourth-order valence-corrected chi connectivity index (χ4v) is 2.79. The highest BCUT2D eigenvalue weighted by Gasteiger charge is 2.27. The summed E-state index contributed by atoms with van der Waals surface area (Å²) in [7, 11) is 0. The van der Waals surface area contributed by atoms with Crippen molar-refractivity contribution in [3.8, 4) is 0 Å². The van der Waals surface area contributed by atoms with Crippen LogP contribution < -0.4 is 5.73 Å². The minimum Gasteiger partial charge on any atom is -0.338 e. The molecular weight excluding hydrogens is 311 g/mol. The summed E-state index contributed by atoms with van der Waals surface area (Å²) in [5.41, 5.74) is 6.03. The molecular formula is C14H18BrFN2O. The number of carbonyl (C=O) groups excluding carboxylic acids is 1. The van der Waals surface area contributed by atoms with Crippen LogP contribution in [0, 0.1) is 11.7 Å². The Morgan fingerprint density at radius 1 is 1.58 bits per heavy atom. The van der Waals surface area contributed by atoms with Crippen molar-refractivity contribution < 1.29 is 9.18 Å². The van der Waals surface area contributed by atoms with E-state index in [1.54, 1.807) is 11.0 Å². The van der Waals surface area contributed by atoms with Gasteiger partial charge in [0.05, 0.1) is 5.56 Å². The molecule has 1 aliphatic rings. The van der Waals surface area contributed by atoms with Gasteiger partial charge in [-0.1, -0.05) is 15.9 Å². The number of hydrogen-bond acceptors (Lipinski definition) is 2. The monoisotopic (exact) mass is 328 g/mol. The van der Waals surface area contributed by atoms with Crippen molar-refractivity contribution in [3.05, 3.63) is 34.1 Å². The van der Waals surface area contributed by atoms with Gasteiger partial charge < -0.3 is 10.6 Å². The Kier molecular flexibility index (Phi) is 4.58. The van der Waals surface area contributed by atoms with E-state index in [-0.39, 0.29) is 17.5 Å². The van der Waals surface area contributed by atoms with Crippen LogP contribution in [-0.4, -0.2) is 29.9 Å². The van der Waals surface area contributed by atoms with Crippen LogP contribution in [0.25, 0.3) is 0 Å². The Balaban J connectivity index is 2.15. The average Bonchev–Trinajstić information content (AvgIpc) is 2.38. The standard InChI is InChI=1S/C14H18BrFN2O/c1-9(17)10-3-2-6-18(8-10)14(19)12-5-4-11(15)7-13(12)16/h4-5,7,9-10H,2-3,6,8,17H2,1H3/t9-,10+/m0/s1. The molecule has 0 radical (unpaired) electrons. The fourth-order valence-electron chi connectivity index (χ4n) is 2.46. The zero-order chi connectivity index (χ0) is 14.0. The Labute approximate surface area is 121 Å². The van der Waals surface area contributed by atoms with Crippen molar-refractivity contribution in [3.63, 3.8) is 0 Å². The molecule has 2 rings (SSSR count). The minimum absolute atomic E-state index is 0.0605. The lowest BCUT2D eigenvalue weighted by Crippen LogP contribution is -2.45. The average molecular weight is 329 g/mol. The SMILES string of the molecule is C[C@H](N)[C@@H]1CCCN(C(=O)c2ccc(Br)cc2F)C1. The van der Waals surface area contributed by atoms with Gasteiger partial charge in [0.2, 0.25) is 0 Å². The zero-order valence-electron chi connectivity index (χ0n) is 10.9. The van der Waals surface area contributed by atoms with Gasteiger partial charge in [0.15, 0.2) is 0 Å². The summed E-state index contributed by atoms with van der Waals surface area (Å²) in [4.78, 5) is 14.0. The molecule has 1 saturated heterocycles. The minimum atomic E-state index is -0.484. The van der Waals surface area contributed by atoms with Crippen molar-refractivity contribution in [1.29, 1.82) is 0 Å². The normalized spacial score (nSPS) is 21.3. The molecule has 5 heteroatoms. The first-order chi connectivity index (χ1) is 8.99. The molecule has 104 valence electrons. The molecule has 0 aliphatic carbocycles. The van der Waals surface area contributed by atoms with Crippen molar-refractivity contribution in [1.82, 2.24) is 4.90 Å². The molecule has 19 heavy (non-hydrogen) atoms. The third-order valence-electron chi connectivity index (χ3n) is 3.65. The number of piperidine rings is 1. The molecule has 1 aromatic rings. The third kappa shape index (κ3) is 3.34. The molecule has 2 N–H and O–H groups in total. The van der Waals surface area contributed by atoms with E-state index in [2.05, 4.69) is 15.9 Å². The van der Waals surface area contributed by atoms with E-state index in [9.17, 15) is 9.18 Å². The predicted octanol–water partition coefficient (Wildman–Crippen LogP) is 2.79. The number of rotatable bonds is 2. The molecule has 3 nitrogen and oxygen atoms in total. The van der Waals surface area contributed by atoms with Gasteiger partial charge in [-0.3, -0.25) is 4.79 Å². The second-order valence-corrected chi connectivity index (χ2v) is 6.05. The molecule has 1 fully saturated rings. The van der Waals surface area contributed by atoms with E-state index in [1.165, 1.54) is 12.1 Å². The lowest BCUT2D eigenvalue weighted by Gasteiger charge is -2.34. The molecule has 0 unspecified atom stereocenters. The number of benzene rings is 1. The van der Waals surface area contributed by atoms with Crippen LogP contribution in [-0.2, 0) is 0 Å². The maximum absolute atomic E-state index is 13.8. The second-order valence-electron chi connectivity index (χ2n) is 5.14. The predicted molar refractivity (Wildman–Crippen MR) is 76.4 cm³/mol. The number of amides is 1. The summed E-state index contributed by atoms with van der Waals surface area (Å²) in [6.45, 7) is 3.25. The molecule has 0 spiro atoms. The summed E-state index contributed by atoms with van der Waals surface area (Å²) >= 11 is 3.19. The van der Waals surface area contributed by atoms with E-state index >= 15 is 0 Å². The van der Waals surface area contributed by atoms with Gasteiger partial charge in [0, 0.05) is 23.6 Å². The zero-order valence-corrected chi connectivity index (χ0v) is 12.5. The summed E-state index contributed by atoms with van der Waals surface area (Å²) in [6.07, 6.45) is 1.96. The second kappa shape index (κ2) is 6.01. The fraction of sp³-hybridized carbons (Fsp3) is 0.500. The first kappa shape index (κ1) is 14.5. The van der Waals surface area contributed by atoms with Gasteiger partial charge in [0.1, 0.15) is 5.82 Å². The number of carbonyl (C=O) groups is 1. The summed E-state index contributed by atoms with van der Waals surface area (Å²) < 4.78 is 14.4. The van der Waals surface area contributed by atoms with Gasteiger partial charge in [0.25, 0.3) is 5.91 Å². The number of hydrogen-bond donors (Lipinski definition) is 1. The Bertz CT molecular complexity index is 479. The van der Waals surface area contributed by atoms with Gasteiger partial charge in [-0.15, -0.1) is 0 Å². The number of halogens is 2. The van der Waals surface area contributed by atoms with Crippen molar-refractivity contribution in [2.45, 2.75) is 25.8 Å². The van der Waals surface area contributed by atoms with Crippen LogP contribution in [0.5, 0.6) is 0 Å². The molecule has 1 aliphatic heterocycles. The van der Waals surface area contributed by atoms with Crippen LogP contribution >= 0.6 is 15.9 Å². The van der Waals surface area contributed by atoms with Crippen LogP contribution in [0.15, 0.2) is 22.7 Å². The van der Waals surface area contributed by atoms with Crippen LogP contribution in [0.1, 0.15) is 30.1 Å². The first-order valence-electron chi connectivity index (χ1n) is 6.49. The molecule has 0 aromatic heterocycles. The molecule has 1 aromatic carbocycles. The van der Waals surface area contributed by atoms with E-state index in [0.717, 1.165) is 12.8 Å². The summed E-state index contributed by atoms with van der Waals surface area (Å²) in [6, 6.07) is 4.59. The molecule has 1 heterocycles. The topological polar surface area (TPSA) is 46.3 Å². The lowest BCUT2D eigenvalue weighted by molar-refractivity contribution is 0.0656. The van der Waals surface area contributed by atoms with E-state index in [0.29, 0.717) is 23.5 Å². The van der Waals surface area contributed by atoms with Crippen LogP contribution in [0.2, 0.25) is 0 Å². The van der Waals surface area contributed by atoms with Gasteiger partial charge in [-0.25, -0.2) is 4.39 Å². The first-order valence-corrected chi connectivity index (χ1v) is 7.28. The van der Waals surface area contributed by atoms with Crippen molar-refractivity contribution in [2.24, 2.45) is 11.7 Å². The van der Waals surface area contributed by atoms with Crippen molar-refractivity contribution >= 4 is 21.8 Å². The molecule has 1 amide bonds. The van der Waals surface area contributed by atoms with Crippen molar-refractivity contribution in [2.75, 3.05) is 13.1 Å². The van der Waals surface area contributed by atoms with Crippen LogP contribution in [0.3, 0.4) is 0 Å². The van der Waals surface area contributed by atoms with Gasteiger partial charge in [-0.2, -0.15) is 0 Å². The third-order valence-corrected chi connectivity index (χ3v) is 4.14. The van der Waals surface area contributed by atoms with E-state index in [4.69, 9.17) is 5.73 Å². The highest BCUT2D eigenvalue weighted by atomic mass is 79.9. The van der Waals surface area contributed by atoms with Gasteiger partial charge in [-0.05, 0) is 43.9 Å². The Hall–Kier alpha value is -0.940. The van der Waals surface area contributed by atoms with E-state index in [1.807, 2.05) is 6.92 Å². The number of nitrogens with two attached hydrogens (primary N) is 1.